The number of hydrogen-bond donors (Lipinski definition) is 0. The molecule has 0 aliphatic heterocycles. The Hall–Kier alpha value is -1.85. The summed E-state index contributed by atoms with van der Waals surface area (Å²) in [5.74, 6) is -2.54. The van der Waals surface area contributed by atoms with Gasteiger partial charge in [0.1, 0.15) is 5.82 Å². The van der Waals surface area contributed by atoms with Crippen LogP contribution in [0.2, 0.25) is 0 Å². The minimum Gasteiger partial charge on any atom is -0.545 e. The van der Waals surface area contributed by atoms with Gasteiger partial charge < -0.3 is 9.90 Å². The second-order valence-corrected chi connectivity index (χ2v) is 2.88. The van der Waals surface area contributed by atoms with Gasteiger partial charge in [-0.3, -0.25) is 0 Å². The summed E-state index contributed by atoms with van der Waals surface area (Å²) in [5.41, 5.74) is -1.66. The first-order chi connectivity index (χ1) is 7.30. The van der Waals surface area contributed by atoms with E-state index in [1.165, 1.54) is 0 Å². The molecule has 1 rings (SSSR count). The van der Waals surface area contributed by atoms with E-state index < -0.39 is 29.1 Å². The SMILES string of the molecule is O=C([O-])/C=C/c1cc(F)ccc1C(F)(F)F. The lowest BCUT2D eigenvalue weighted by Gasteiger charge is -2.10. The first-order valence-electron chi connectivity index (χ1n) is 4.06. The summed E-state index contributed by atoms with van der Waals surface area (Å²) in [6.45, 7) is 0. The highest BCUT2D eigenvalue weighted by molar-refractivity contribution is 5.83. The maximum atomic E-state index is 12.7. The Bertz CT molecular complexity index is 435. The lowest BCUT2D eigenvalue weighted by Crippen LogP contribution is -2.18. The number of carboxylic acids is 1. The molecular weight excluding hydrogens is 228 g/mol. The molecule has 0 aromatic heterocycles. The maximum absolute atomic E-state index is 12.7. The molecule has 0 saturated heterocycles. The summed E-state index contributed by atoms with van der Waals surface area (Å²) < 4.78 is 49.9. The van der Waals surface area contributed by atoms with Crippen molar-refractivity contribution in [3.63, 3.8) is 0 Å². The van der Waals surface area contributed by atoms with Crippen LogP contribution in [0.25, 0.3) is 6.08 Å². The van der Waals surface area contributed by atoms with Gasteiger partial charge in [0, 0.05) is 0 Å². The predicted molar refractivity (Wildman–Crippen MR) is 45.4 cm³/mol. The average molecular weight is 233 g/mol. The van der Waals surface area contributed by atoms with Crippen molar-refractivity contribution in [2.75, 3.05) is 0 Å². The number of hydrogen-bond acceptors (Lipinski definition) is 2. The number of carboxylic acid groups (broad SMARTS) is 1. The quantitative estimate of drug-likeness (QED) is 0.575. The molecule has 0 N–H and O–H groups in total. The molecule has 0 heterocycles. The van der Waals surface area contributed by atoms with Crippen molar-refractivity contribution >= 4 is 12.0 Å². The topological polar surface area (TPSA) is 40.1 Å². The monoisotopic (exact) mass is 233 g/mol. The summed E-state index contributed by atoms with van der Waals surface area (Å²) in [7, 11) is 0. The van der Waals surface area contributed by atoms with Crippen LogP contribution in [0.15, 0.2) is 24.3 Å². The molecule has 0 amide bonds. The maximum Gasteiger partial charge on any atom is 0.416 e. The van der Waals surface area contributed by atoms with Gasteiger partial charge in [0.05, 0.1) is 11.5 Å². The highest BCUT2D eigenvalue weighted by Gasteiger charge is 2.32. The molecule has 86 valence electrons. The second kappa shape index (κ2) is 4.34. The lowest BCUT2D eigenvalue weighted by atomic mass is 10.1. The van der Waals surface area contributed by atoms with Crippen molar-refractivity contribution in [3.8, 4) is 0 Å². The molecular formula is C10H5F4O2-. The first-order valence-corrected chi connectivity index (χ1v) is 4.06. The second-order valence-electron chi connectivity index (χ2n) is 2.88. The molecule has 1 aromatic rings. The van der Waals surface area contributed by atoms with Gasteiger partial charge in [-0.2, -0.15) is 13.2 Å². The molecule has 16 heavy (non-hydrogen) atoms. The van der Waals surface area contributed by atoms with Crippen molar-refractivity contribution in [1.29, 1.82) is 0 Å². The first kappa shape index (κ1) is 12.2. The van der Waals surface area contributed by atoms with Crippen molar-refractivity contribution in [2.45, 2.75) is 6.18 Å². The summed E-state index contributed by atoms with van der Waals surface area (Å²) in [6, 6.07) is 1.80. The predicted octanol–water partition coefficient (Wildman–Crippen LogP) is 1.61. The van der Waals surface area contributed by atoms with Crippen LogP contribution >= 0.6 is 0 Å². The average Bonchev–Trinajstić information content (AvgIpc) is 2.12. The minimum absolute atomic E-state index is 0.407. The van der Waals surface area contributed by atoms with Gasteiger partial charge in [-0.15, -0.1) is 0 Å². The van der Waals surface area contributed by atoms with Crippen LogP contribution in [0, 0.1) is 5.82 Å². The van der Waals surface area contributed by atoms with Crippen LogP contribution < -0.4 is 5.11 Å². The number of aliphatic carboxylic acids is 1. The van der Waals surface area contributed by atoms with E-state index in [4.69, 9.17) is 0 Å². The van der Waals surface area contributed by atoms with Crippen LogP contribution in [0.4, 0.5) is 17.6 Å². The number of carbonyl (C=O) groups is 1. The number of alkyl halides is 3. The van der Waals surface area contributed by atoms with E-state index in [1.54, 1.807) is 0 Å². The molecule has 0 atom stereocenters. The normalized spacial score (nSPS) is 12.0. The largest absolute Gasteiger partial charge is 0.545 e. The van der Waals surface area contributed by atoms with E-state index in [9.17, 15) is 27.5 Å². The van der Waals surface area contributed by atoms with E-state index in [2.05, 4.69) is 0 Å². The number of halogens is 4. The van der Waals surface area contributed by atoms with Crippen LogP contribution in [0.3, 0.4) is 0 Å². The summed E-state index contributed by atoms with van der Waals surface area (Å²) >= 11 is 0. The number of benzene rings is 1. The fourth-order valence-corrected chi connectivity index (χ4v) is 1.09. The van der Waals surface area contributed by atoms with Gasteiger partial charge in [-0.25, -0.2) is 4.39 Å². The fourth-order valence-electron chi connectivity index (χ4n) is 1.09. The van der Waals surface area contributed by atoms with E-state index in [0.717, 1.165) is 0 Å². The molecule has 0 saturated carbocycles. The molecule has 0 radical (unpaired) electrons. The van der Waals surface area contributed by atoms with Crippen LogP contribution in [0.1, 0.15) is 11.1 Å². The highest BCUT2D eigenvalue weighted by atomic mass is 19.4. The molecule has 0 spiro atoms. The summed E-state index contributed by atoms with van der Waals surface area (Å²) in [5, 5.41) is 10.0. The summed E-state index contributed by atoms with van der Waals surface area (Å²) in [6.07, 6.45) is -3.62. The number of rotatable bonds is 2. The Morgan fingerprint density at radius 1 is 1.31 bits per heavy atom. The van der Waals surface area contributed by atoms with Crippen LogP contribution in [-0.4, -0.2) is 5.97 Å². The Labute approximate surface area is 87.8 Å². The van der Waals surface area contributed by atoms with Crippen molar-refractivity contribution < 1.29 is 27.5 Å². The zero-order valence-corrected chi connectivity index (χ0v) is 7.72. The van der Waals surface area contributed by atoms with Crippen molar-refractivity contribution in [2.24, 2.45) is 0 Å². The highest BCUT2D eigenvalue weighted by Crippen LogP contribution is 2.32. The number of carbonyl (C=O) groups excluding carboxylic acids is 1. The van der Waals surface area contributed by atoms with Gasteiger partial charge in [0.15, 0.2) is 0 Å². The molecule has 1 aromatic carbocycles. The van der Waals surface area contributed by atoms with Gasteiger partial charge >= 0.3 is 6.18 Å². The van der Waals surface area contributed by atoms with E-state index in [-0.39, 0.29) is 0 Å². The van der Waals surface area contributed by atoms with Crippen molar-refractivity contribution in [1.82, 2.24) is 0 Å². The Morgan fingerprint density at radius 3 is 2.44 bits per heavy atom. The Morgan fingerprint density at radius 2 is 1.94 bits per heavy atom. The van der Waals surface area contributed by atoms with E-state index in [1.807, 2.05) is 0 Å². The van der Waals surface area contributed by atoms with E-state index in [0.29, 0.717) is 30.4 Å². The van der Waals surface area contributed by atoms with Gasteiger partial charge in [0.25, 0.3) is 0 Å². The third-order valence-electron chi connectivity index (χ3n) is 1.72. The van der Waals surface area contributed by atoms with E-state index >= 15 is 0 Å². The Kier molecular flexibility index (Phi) is 3.31. The third-order valence-corrected chi connectivity index (χ3v) is 1.72. The minimum atomic E-state index is -4.67. The Balaban J connectivity index is 3.24. The smallest absolute Gasteiger partial charge is 0.416 e. The fraction of sp³-hybridized carbons (Fsp3) is 0.100. The zero-order chi connectivity index (χ0) is 12.3. The van der Waals surface area contributed by atoms with Crippen LogP contribution in [-0.2, 0) is 11.0 Å². The molecule has 0 unspecified atom stereocenters. The molecule has 0 fully saturated rings. The molecule has 0 aliphatic rings. The molecule has 6 heteroatoms. The molecule has 2 nitrogen and oxygen atoms in total. The van der Waals surface area contributed by atoms with Gasteiger partial charge in [-0.05, 0) is 29.8 Å². The third kappa shape index (κ3) is 3.08. The molecule has 0 aliphatic carbocycles. The van der Waals surface area contributed by atoms with Gasteiger partial charge in [-0.1, -0.05) is 6.08 Å². The standard InChI is InChI=1S/C10H6F4O2/c11-7-2-3-8(10(12,13)14)6(5-7)1-4-9(15)16/h1-5H,(H,15,16)/p-1/b4-1+. The lowest BCUT2D eigenvalue weighted by molar-refractivity contribution is -0.297. The van der Waals surface area contributed by atoms with Crippen molar-refractivity contribution in [3.05, 3.63) is 41.2 Å². The van der Waals surface area contributed by atoms with Gasteiger partial charge in [0.2, 0.25) is 0 Å². The van der Waals surface area contributed by atoms with Crippen LogP contribution in [0.5, 0.6) is 0 Å². The summed E-state index contributed by atoms with van der Waals surface area (Å²) in [4.78, 5) is 10.0. The molecule has 0 bridgehead atoms. The zero-order valence-electron chi connectivity index (χ0n) is 7.72.